The predicted octanol–water partition coefficient (Wildman–Crippen LogP) is 3.73. The molecule has 0 unspecified atom stereocenters. The molecule has 0 fully saturated rings. The molecule has 136 valence electrons. The van der Waals surface area contributed by atoms with Gasteiger partial charge in [0.2, 0.25) is 0 Å². The second-order valence-electron chi connectivity index (χ2n) is 4.96. The van der Waals surface area contributed by atoms with Crippen LogP contribution in [0.3, 0.4) is 0 Å². The summed E-state index contributed by atoms with van der Waals surface area (Å²) in [6.45, 7) is 2.26. The zero-order valence-corrected chi connectivity index (χ0v) is 13.6. The normalized spacial score (nSPS) is 13.0. The number of ether oxygens (including phenoxy) is 1. The number of esters is 1. The maximum absolute atomic E-state index is 12.2. The molecule has 0 saturated heterocycles. The molecule has 0 aromatic heterocycles. The monoisotopic (exact) mass is 368 g/mol. The standard InChI is InChI=1S/C12H18F6O4Si/c1-9(2)10(19)20-5-4-6-23(3,21-7-11(13,14)15)22-8-12(16,17)18/h1,4-8H2,2-3H3. The Labute approximate surface area is 130 Å². The van der Waals surface area contributed by atoms with Crippen molar-refractivity contribution >= 4 is 14.5 Å². The van der Waals surface area contributed by atoms with E-state index in [0.717, 1.165) is 6.55 Å². The first-order valence-corrected chi connectivity index (χ1v) is 9.00. The van der Waals surface area contributed by atoms with Gasteiger partial charge in [0, 0.05) is 5.57 Å². The van der Waals surface area contributed by atoms with Gasteiger partial charge in [-0.25, -0.2) is 4.79 Å². The van der Waals surface area contributed by atoms with Crippen LogP contribution in [0.2, 0.25) is 12.6 Å². The number of hydrogen-bond acceptors (Lipinski definition) is 4. The molecular weight excluding hydrogens is 350 g/mol. The molecule has 23 heavy (non-hydrogen) atoms. The lowest BCUT2D eigenvalue weighted by atomic mass is 10.4. The highest BCUT2D eigenvalue weighted by atomic mass is 28.4. The number of halogens is 6. The van der Waals surface area contributed by atoms with E-state index in [1.807, 2.05) is 0 Å². The lowest BCUT2D eigenvalue weighted by Gasteiger charge is -2.28. The first-order chi connectivity index (χ1) is 10.2. The molecule has 0 radical (unpaired) electrons. The molecule has 0 N–H and O–H groups in total. The Hall–Kier alpha value is -1.07. The largest absolute Gasteiger partial charge is 0.462 e. The molecule has 0 bridgehead atoms. The van der Waals surface area contributed by atoms with Crippen molar-refractivity contribution in [3.8, 4) is 0 Å². The van der Waals surface area contributed by atoms with Crippen LogP contribution < -0.4 is 0 Å². The minimum atomic E-state index is -4.68. The van der Waals surface area contributed by atoms with E-state index in [1.54, 1.807) is 0 Å². The van der Waals surface area contributed by atoms with E-state index in [4.69, 9.17) is 4.74 Å². The van der Waals surface area contributed by atoms with Crippen molar-refractivity contribution < 1.29 is 44.7 Å². The summed E-state index contributed by atoms with van der Waals surface area (Å²) in [5.74, 6) is -0.694. The molecule has 0 rings (SSSR count). The predicted molar refractivity (Wildman–Crippen MR) is 70.8 cm³/mol. The third-order valence-corrected chi connectivity index (χ3v) is 5.21. The molecular formula is C12H18F6O4Si. The SMILES string of the molecule is C=C(C)C(=O)OCCC[Si](C)(OCC(F)(F)F)OCC(F)(F)F. The van der Waals surface area contributed by atoms with Crippen LogP contribution in [-0.2, 0) is 18.4 Å². The third-order valence-electron chi connectivity index (χ3n) is 2.44. The zero-order valence-electron chi connectivity index (χ0n) is 12.6. The van der Waals surface area contributed by atoms with Crippen molar-refractivity contribution in [3.05, 3.63) is 12.2 Å². The fraction of sp³-hybridized carbons (Fsp3) is 0.750. The summed E-state index contributed by atoms with van der Waals surface area (Å²) >= 11 is 0. The van der Waals surface area contributed by atoms with E-state index >= 15 is 0 Å². The Balaban J connectivity index is 4.52. The van der Waals surface area contributed by atoms with E-state index < -0.39 is 40.1 Å². The van der Waals surface area contributed by atoms with E-state index in [-0.39, 0.29) is 24.6 Å². The van der Waals surface area contributed by atoms with Crippen molar-refractivity contribution in [1.82, 2.24) is 0 Å². The van der Waals surface area contributed by atoms with Gasteiger partial charge in [0.1, 0.15) is 13.2 Å². The van der Waals surface area contributed by atoms with Crippen molar-refractivity contribution in [2.75, 3.05) is 19.8 Å². The van der Waals surface area contributed by atoms with Crippen LogP contribution >= 0.6 is 0 Å². The Morgan fingerprint density at radius 2 is 1.48 bits per heavy atom. The number of rotatable bonds is 9. The summed E-state index contributed by atoms with van der Waals surface area (Å²) < 4.78 is 87.0. The van der Waals surface area contributed by atoms with Crippen LogP contribution in [-0.4, -0.2) is 46.7 Å². The van der Waals surface area contributed by atoms with E-state index in [1.165, 1.54) is 6.92 Å². The molecule has 0 spiro atoms. The highest BCUT2D eigenvalue weighted by Crippen LogP contribution is 2.25. The minimum absolute atomic E-state index is 0.0114. The topological polar surface area (TPSA) is 44.8 Å². The molecule has 0 saturated carbocycles. The average molecular weight is 368 g/mol. The Bertz CT molecular complexity index is 389. The van der Waals surface area contributed by atoms with Crippen LogP contribution in [0.1, 0.15) is 13.3 Å². The first-order valence-electron chi connectivity index (χ1n) is 6.48. The number of alkyl halides is 6. The van der Waals surface area contributed by atoms with Gasteiger partial charge >= 0.3 is 26.9 Å². The molecule has 0 aliphatic carbocycles. The molecule has 0 aliphatic rings. The Morgan fingerprint density at radius 1 is 1.04 bits per heavy atom. The molecule has 11 heteroatoms. The van der Waals surface area contributed by atoms with Crippen molar-refractivity contribution in [1.29, 1.82) is 0 Å². The number of carbonyl (C=O) groups excluding carboxylic acids is 1. The molecule has 0 heterocycles. The van der Waals surface area contributed by atoms with E-state index in [0.29, 0.717) is 0 Å². The second-order valence-corrected chi connectivity index (χ2v) is 8.31. The summed E-state index contributed by atoms with van der Waals surface area (Å²) in [7, 11) is -3.72. The van der Waals surface area contributed by atoms with Gasteiger partial charge in [0.05, 0.1) is 6.61 Å². The highest BCUT2D eigenvalue weighted by Gasteiger charge is 2.40. The fourth-order valence-electron chi connectivity index (χ4n) is 1.34. The van der Waals surface area contributed by atoms with Crippen molar-refractivity contribution in [2.24, 2.45) is 0 Å². The average Bonchev–Trinajstić information content (AvgIpc) is 2.37. The van der Waals surface area contributed by atoms with Gasteiger partial charge in [0.15, 0.2) is 0 Å². The lowest BCUT2D eigenvalue weighted by Crippen LogP contribution is -2.44. The minimum Gasteiger partial charge on any atom is -0.462 e. The van der Waals surface area contributed by atoms with Gasteiger partial charge in [-0.05, 0) is 25.9 Å². The maximum atomic E-state index is 12.2. The second kappa shape index (κ2) is 8.69. The quantitative estimate of drug-likeness (QED) is 0.205. The van der Waals surface area contributed by atoms with Crippen LogP contribution in [0.25, 0.3) is 0 Å². The summed E-state index contributed by atoms with van der Waals surface area (Å²) in [6.07, 6.45) is -9.35. The maximum Gasteiger partial charge on any atom is 0.410 e. The summed E-state index contributed by atoms with van der Waals surface area (Å²) in [5, 5.41) is 0. The molecule has 0 amide bonds. The zero-order chi connectivity index (χ0) is 18.3. The summed E-state index contributed by atoms with van der Waals surface area (Å²) in [6, 6.07) is -0.192. The van der Waals surface area contributed by atoms with E-state index in [9.17, 15) is 31.1 Å². The van der Waals surface area contributed by atoms with Crippen LogP contribution in [0.5, 0.6) is 0 Å². The molecule has 0 aromatic carbocycles. The third kappa shape index (κ3) is 12.1. The van der Waals surface area contributed by atoms with Gasteiger partial charge in [-0.1, -0.05) is 6.58 Å². The van der Waals surface area contributed by atoms with Gasteiger partial charge in [0.25, 0.3) is 0 Å². The molecule has 4 nitrogen and oxygen atoms in total. The smallest absolute Gasteiger partial charge is 0.410 e. The van der Waals surface area contributed by atoms with Crippen LogP contribution in [0, 0.1) is 0 Å². The van der Waals surface area contributed by atoms with Gasteiger partial charge in [-0.15, -0.1) is 0 Å². The summed E-state index contributed by atoms with van der Waals surface area (Å²) in [4.78, 5) is 11.1. The molecule has 0 aliphatic heterocycles. The molecule has 0 aromatic rings. The molecule has 0 atom stereocenters. The van der Waals surface area contributed by atoms with Crippen LogP contribution in [0.4, 0.5) is 26.3 Å². The first kappa shape index (κ1) is 21.9. The Morgan fingerprint density at radius 3 is 1.83 bits per heavy atom. The van der Waals surface area contributed by atoms with Gasteiger partial charge in [-0.3, -0.25) is 0 Å². The lowest BCUT2D eigenvalue weighted by molar-refractivity contribution is -0.171. The Kier molecular flexibility index (Phi) is 8.28. The number of carbonyl (C=O) groups is 1. The van der Waals surface area contributed by atoms with Gasteiger partial charge in [-0.2, -0.15) is 26.3 Å². The van der Waals surface area contributed by atoms with Gasteiger partial charge < -0.3 is 13.6 Å². The number of hydrogen-bond donors (Lipinski definition) is 0. The van der Waals surface area contributed by atoms with E-state index in [2.05, 4.69) is 15.4 Å². The summed E-state index contributed by atoms with van der Waals surface area (Å²) in [5.41, 5.74) is 0.131. The highest BCUT2D eigenvalue weighted by molar-refractivity contribution is 6.66. The van der Waals surface area contributed by atoms with Crippen molar-refractivity contribution in [2.45, 2.75) is 38.3 Å². The van der Waals surface area contributed by atoms with Crippen LogP contribution in [0.15, 0.2) is 12.2 Å². The van der Waals surface area contributed by atoms with Crippen molar-refractivity contribution in [3.63, 3.8) is 0 Å². The fourth-order valence-corrected chi connectivity index (χ4v) is 3.43.